The normalized spacial score (nSPS) is 16.9. The van der Waals surface area contributed by atoms with Gasteiger partial charge in [0.05, 0.1) is 31.4 Å². The summed E-state index contributed by atoms with van der Waals surface area (Å²) in [4.78, 5) is 54.7. The maximum atomic E-state index is 13.6. The van der Waals surface area contributed by atoms with Crippen LogP contribution in [-0.2, 0) is 16.0 Å². The molecule has 2 fully saturated rings. The predicted octanol–water partition coefficient (Wildman–Crippen LogP) is 3.67. The van der Waals surface area contributed by atoms with Crippen molar-refractivity contribution >= 4 is 29.5 Å². The number of benzene rings is 2. The second kappa shape index (κ2) is 14.8. The summed E-state index contributed by atoms with van der Waals surface area (Å²) in [6, 6.07) is 13.2. The van der Waals surface area contributed by atoms with Gasteiger partial charge in [-0.3, -0.25) is 9.59 Å². The molecule has 2 aromatic carbocycles. The molecular weight excluding hydrogens is 536 g/mol. The van der Waals surface area contributed by atoms with Gasteiger partial charge in [-0.2, -0.15) is 0 Å². The topological polar surface area (TPSA) is 128 Å². The number of aliphatic hydroxyl groups excluding tert-OH is 1. The molecule has 226 valence electrons. The molecule has 42 heavy (non-hydrogen) atoms. The molecule has 0 spiro atoms. The van der Waals surface area contributed by atoms with E-state index in [1.807, 2.05) is 37.3 Å². The maximum absolute atomic E-state index is 13.6. The third-order valence-electron chi connectivity index (χ3n) is 8.07. The van der Waals surface area contributed by atoms with E-state index in [2.05, 4.69) is 10.6 Å². The Bertz CT molecular complexity index is 1250. The van der Waals surface area contributed by atoms with Crippen molar-refractivity contribution in [1.82, 2.24) is 15.5 Å². The fourth-order valence-corrected chi connectivity index (χ4v) is 5.68. The summed E-state index contributed by atoms with van der Waals surface area (Å²) in [6.07, 6.45) is 5.61. The highest BCUT2D eigenvalue weighted by Crippen LogP contribution is 2.25. The molecule has 4 rings (SSSR count). The van der Waals surface area contributed by atoms with Gasteiger partial charge in [-0.15, -0.1) is 0 Å². The van der Waals surface area contributed by atoms with Crippen LogP contribution in [0.4, 0.5) is 10.5 Å². The third kappa shape index (κ3) is 8.09. The number of nitrogens with one attached hydrogen (secondary N) is 2. The van der Waals surface area contributed by atoms with E-state index in [1.165, 1.54) is 19.6 Å². The van der Waals surface area contributed by atoms with Gasteiger partial charge in [0.2, 0.25) is 5.91 Å². The van der Waals surface area contributed by atoms with E-state index in [0.717, 1.165) is 31.2 Å². The van der Waals surface area contributed by atoms with Crippen LogP contribution in [0.2, 0.25) is 0 Å². The van der Waals surface area contributed by atoms with Crippen molar-refractivity contribution in [3.63, 3.8) is 0 Å². The van der Waals surface area contributed by atoms with Crippen molar-refractivity contribution in [2.24, 2.45) is 0 Å². The SMILES string of the molecule is CCN(C[C@H](O)[C@H](Cc1ccccc1)NC(=O)c1cc(C(=O)OC)cc(N2CCCC2=O)c1)C(=O)NC1CCCCC1. The lowest BCUT2D eigenvalue weighted by Crippen LogP contribution is -2.53. The van der Waals surface area contributed by atoms with Crippen LogP contribution >= 0.6 is 0 Å². The number of carbonyl (C=O) groups excluding carboxylic acids is 4. The van der Waals surface area contributed by atoms with Gasteiger partial charge in [-0.1, -0.05) is 49.6 Å². The second-order valence-electron chi connectivity index (χ2n) is 11.1. The summed E-state index contributed by atoms with van der Waals surface area (Å²) < 4.78 is 4.89. The molecule has 0 aromatic heterocycles. The minimum Gasteiger partial charge on any atom is -0.465 e. The van der Waals surface area contributed by atoms with Crippen LogP contribution in [0.25, 0.3) is 0 Å². The monoisotopic (exact) mass is 578 g/mol. The lowest BCUT2D eigenvalue weighted by Gasteiger charge is -2.32. The number of aliphatic hydroxyl groups is 1. The zero-order chi connectivity index (χ0) is 30.1. The highest BCUT2D eigenvalue weighted by molar-refractivity contribution is 6.02. The summed E-state index contributed by atoms with van der Waals surface area (Å²) in [5.74, 6) is -1.21. The standard InChI is InChI=1S/C32H42N4O6/c1-3-35(32(41)33-25-13-8-5-9-14-25)21-28(37)27(17-22-11-6-4-7-12-22)34-30(39)23-18-24(31(40)42-2)20-26(19-23)36-16-10-15-29(36)38/h4,6-7,11-12,18-20,25,27-28,37H,3,5,8-10,13-17,21H2,1-2H3,(H,33,41)(H,34,39)/t27-,28-/m0/s1. The summed E-state index contributed by atoms with van der Waals surface area (Å²) in [5, 5.41) is 17.4. The first-order valence-corrected chi connectivity index (χ1v) is 14.9. The quantitative estimate of drug-likeness (QED) is 0.349. The van der Waals surface area contributed by atoms with Gasteiger partial charge in [0.15, 0.2) is 0 Å². The first kappa shape index (κ1) is 31.0. The van der Waals surface area contributed by atoms with Crippen molar-refractivity contribution in [1.29, 1.82) is 0 Å². The fourth-order valence-electron chi connectivity index (χ4n) is 5.68. The summed E-state index contributed by atoms with van der Waals surface area (Å²) in [7, 11) is 1.26. The van der Waals surface area contributed by atoms with Gasteiger partial charge in [-0.05, 0) is 56.4 Å². The van der Waals surface area contributed by atoms with Crippen LogP contribution in [0.15, 0.2) is 48.5 Å². The van der Waals surface area contributed by atoms with E-state index in [0.29, 0.717) is 38.0 Å². The van der Waals surface area contributed by atoms with Gasteiger partial charge in [-0.25, -0.2) is 9.59 Å². The number of likely N-dealkylation sites (N-methyl/N-ethyl adjacent to an activating group) is 1. The minimum atomic E-state index is -1.07. The first-order chi connectivity index (χ1) is 20.3. The minimum absolute atomic E-state index is 0.0303. The number of ether oxygens (including phenoxy) is 1. The smallest absolute Gasteiger partial charge is 0.337 e. The van der Waals surface area contributed by atoms with Crippen molar-refractivity contribution in [2.75, 3.05) is 31.6 Å². The van der Waals surface area contributed by atoms with E-state index < -0.39 is 24.0 Å². The molecule has 1 aliphatic carbocycles. The molecule has 0 bridgehead atoms. The number of anilines is 1. The zero-order valence-electron chi connectivity index (χ0n) is 24.5. The number of methoxy groups -OCH3 is 1. The molecule has 4 amide bonds. The Hall–Kier alpha value is -3.92. The molecule has 2 aromatic rings. The number of nitrogens with zero attached hydrogens (tertiary/aromatic N) is 2. The molecule has 3 N–H and O–H groups in total. The lowest BCUT2D eigenvalue weighted by atomic mass is 9.96. The lowest BCUT2D eigenvalue weighted by molar-refractivity contribution is -0.117. The van der Waals surface area contributed by atoms with Gasteiger partial charge in [0.25, 0.3) is 5.91 Å². The number of hydrogen-bond acceptors (Lipinski definition) is 6. The summed E-state index contributed by atoms with van der Waals surface area (Å²) in [5.41, 5.74) is 1.67. The average molecular weight is 579 g/mol. The van der Waals surface area contributed by atoms with Crippen LogP contribution < -0.4 is 15.5 Å². The Balaban J connectivity index is 1.55. The van der Waals surface area contributed by atoms with E-state index in [-0.39, 0.29) is 35.7 Å². The van der Waals surface area contributed by atoms with E-state index in [1.54, 1.807) is 21.9 Å². The molecule has 2 aliphatic rings. The largest absolute Gasteiger partial charge is 0.465 e. The number of hydrogen-bond donors (Lipinski definition) is 3. The third-order valence-corrected chi connectivity index (χ3v) is 8.07. The van der Waals surface area contributed by atoms with Gasteiger partial charge in [0.1, 0.15) is 0 Å². The average Bonchev–Trinajstić information content (AvgIpc) is 3.45. The Morgan fingerprint density at radius 2 is 1.76 bits per heavy atom. The van der Waals surface area contributed by atoms with Crippen LogP contribution in [0, 0.1) is 0 Å². The predicted molar refractivity (Wildman–Crippen MR) is 159 cm³/mol. The van der Waals surface area contributed by atoms with E-state index in [4.69, 9.17) is 4.74 Å². The molecule has 1 saturated heterocycles. The molecule has 10 nitrogen and oxygen atoms in total. The van der Waals surface area contributed by atoms with Crippen molar-refractivity contribution in [3.05, 3.63) is 65.2 Å². The number of carbonyl (C=O) groups is 4. The van der Waals surface area contributed by atoms with Crippen molar-refractivity contribution < 1.29 is 29.0 Å². The molecule has 1 aliphatic heterocycles. The Morgan fingerprint density at radius 3 is 2.40 bits per heavy atom. The number of amides is 4. The number of esters is 1. The van der Waals surface area contributed by atoms with E-state index >= 15 is 0 Å². The summed E-state index contributed by atoms with van der Waals surface area (Å²) in [6.45, 7) is 2.78. The van der Waals surface area contributed by atoms with E-state index in [9.17, 15) is 24.3 Å². The zero-order valence-corrected chi connectivity index (χ0v) is 24.5. The van der Waals surface area contributed by atoms with Gasteiger partial charge < -0.3 is 30.3 Å². The Morgan fingerprint density at radius 1 is 1.05 bits per heavy atom. The number of urea groups is 1. The summed E-state index contributed by atoms with van der Waals surface area (Å²) >= 11 is 0. The first-order valence-electron chi connectivity index (χ1n) is 14.9. The molecule has 0 radical (unpaired) electrons. The second-order valence-corrected chi connectivity index (χ2v) is 11.1. The van der Waals surface area contributed by atoms with Gasteiger partial charge in [0, 0.05) is 36.8 Å². The highest BCUT2D eigenvalue weighted by Gasteiger charge is 2.29. The van der Waals surface area contributed by atoms with Crippen molar-refractivity contribution in [2.45, 2.75) is 76.5 Å². The maximum Gasteiger partial charge on any atom is 0.337 e. The molecular formula is C32H42N4O6. The molecule has 2 atom stereocenters. The van der Waals surface area contributed by atoms with Crippen LogP contribution in [0.3, 0.4) is 0 Å². The van der Waals surface area contributed by atoms with Crippen LogP contribution in [0.5, 0.6) is 0 Å². The van der Waals surface area contributed by atoms with Crippen molar-refractivity contribution in [3.8, 4) is 0 Å². The van der Waals surface area contributed by atoms with Crippen LogP contribution in [0.1, 0.15) is 78.1 Å². The van der Waals surface area contributed by atoms with Crippen LogP contribution in [-0.4, -0.2) is 78.8 Å². The molecule has 10 heteroatoms. The molecule has 0 unspecified atom stereocenters. The fraction of sp³-hybridized carbons (Fsp3) is 0.500. The van der Waals surface area contributed by atoms with Gasteiger partial charge >= 0.3 is 12.0 Å². The molecule has 1 heterocycles. The Labute approximate surface area is 247 Å². The highest BCUT2D eigenvalue weighted by atomic mass is 16.5. The molecule has 1 saturated carbocycles. The number of rotatable bonds is 11. The Kier molecular flexibility index (Phi) is 10.9.